The lowest BCUT2D eigenvalue weighted by atomic mass is 9.92. The Morgan fingerprint density at radius 1 is 1.39 bits per heavy atom. The van der Waals surface area contributed by atoms with Crippen LogP contribution in [-0.2, 0) is 4.79 Å². The van der Waals surface area contributed by atoms with E-state index >= 15 is 0 Å². The molecule has 4 nitrogen and oxygen atoms in total. The van der Waals surface area contributed by atoms with Gasteiger partial charge in [0.1, 0.15) is 0 Å². The Balaban J connectivity index is 2.23. The first-order chi connectivity index (χ1) is 8.67. The fourth-order valence-electron chi connectivity index (χ4n) is 2.68. The summed E-state index contributed by atoms with van der Waals surface area (Å²) in [6.07, 6.45) is 7.09. The van der Waals surface area contributed by atoms with Crippen LogP contribution in [0, 0.1) is 5.92 Å². The highest BCUT2D eigenvalue weighted by molar-refractivity contribution is 5.76. The number of carbonyl (C=O) groups excluding carboxylic acids is 1. The normalized spacial score (nSPS) is 25.7. The molecule has 4 heteroatoms. The van der Waals surface area contributed by atoms with Gasteiger partial charge in [-0.15, -0.1) is 0 Å². The second-order valence-corrected chi connectivity index (χ2v) is 5.42. The van der Waals surface area contributed by atoms with E-state index in [2.05, 4.69) is 12.2 Å². The molecule has 0 aromatic carbocycles. The minimum atomic E-state index is -0.353. The van der Waals surface area contributed by atoms with Crippen LogP contribution >= 0.6 is 0 Å². The number of hydrogen-bond acceptors (Lipinski definition) is 3. The van der Waals surface area contributed by atoms with E-state index in [1.54, 1.807) is 0 Å². The Hall–Kier alpha value is -0.610. The van der Waals surface area contributed by atoms with Gasteiger partial charge in [0.25, 0.3) is 0 Å². The summed E-state index contributed by atoms with van der Waals surface area (Å²) in [5.41, 5.74) is 5.55. The summed E-state index contributed by atoms with van der Waals surface area (Å²) >= 11 is 0. The van der Waals surface area contributed by atoms with E-state index in [1.807, 2.05) is 0 Å². The molecule has 0 radical (unpaired) electrons. The molecule has 0 heterocycles. The summed E-state index contributed by atoms with van der Waals surface area (Å²) in [5, 5.41) is 12.8. The lowest BCUT2D eigenvalue weighted by Crippen LogP contribution is -2.45. The van der Waals surface area contributed by atoms with Crippen molar-refractivity contribution in [2.24, 2.45) is 11.7 Å². The summed E-state index contributed by atoms with van der Waals surface area (Å²) in [6.45, 7) is 2.84. The second kappa shape index (κ2) is 8.48. The standard InChI is InChI=1S/C14H28N2O2/c1-2-11(9-10-15)7-8-14(18)16-12-5-3-4-6-13(12)17/h11-13,17H,2-10,15H2,1H3,(H,16,18)/t11?,12-,13-/m1/s1. The molecule has 1 aliphatic rings. The zero-order chi connectivity index (χ0) is 13.4. The van der Waals surface area contributed by atoms with Crippen molar-refractivity contribution in [3.8, 4) is 0 Å². The number of aliphatic hydroxyl groups is 1. The van der Waals surface area contributed by atoms with Crippen LogP contribution < -0.4 is 11.1 Å². The van der Waals surface area contributed by atoms with Gasteiger partial charge in [0.2, 0.25) is 5.91 Å². The molecule has 0 bridgehead atoms. The Morgan fingerprint density at radius 2 is 2.11 bits per heavy atom. The summed E-state index contributed by atoms with van der Waals surface area (Å²) in [4.78, 5) is 11.8. The molecule has 0 aromatic heterocycles. The summed E-state index contributed by atoms with van der Waals surface area (Å²) in [7, 11) is 0. The molecule has 1 rings (SSSR count). The van der Waals surface area contributed by atoms with E-state index in [4.69, 9.17) is 5.73 Å². The van der Waals surface area contributed by atoms with Crippen molar-refractivity contribution in [3.05, 3.63) is 0 Å². The zero-order valence-electron chi connectivity index (χ0n) is 11.5. The Morgan fingerprint density at radius 3 is 2.72 bits per heavy atom. The van der Waals surface area contributed by atoms with E-state index < -0.39 is 0 Å². The van der Waals surface area contributed by atoms with Crippen molar-refractivity contribution < 1.29 is 9.90 Å². The lowest BCUT2D eigenvalue weighted by Gasteiger charge is -2.28. The van der Waals surface area contributed by atoms with Gasteiger partial charge in [-0.2, -0.15) is 0 Å². The number of nitrogens with two attached hydrogens (primary N) is 1. The molecule has 106 valence electrons. The van der Waals surface area contributed by atoms with Crippen LogP contribution in [-0.4, -0.2) is 29.7 Å². The number of aliphatic hydroxyl groups excluding tert-OH is 1. The molecule has 1 unspecified atom stereocenters. The van der Waals surface area contributed by atoms with E-state index in [1.165, 1.54) is 0 Å². The third-order valence-electron chi connectivity index (χ3n) is 4.01. The SMILES string of the molecule is CCC(CCN)CCC(=O)N[C@@H]1CCCC[C@H]1O. The fraction of sp³-hybridized carbons (Fsp3) is 0.929. The van der Waals surface area contributed by atoms with Gasteiger partial charge in [-0.1, -0.05) is 26.2 Å². The zero-order valence-corrected chi connectivity index (χ0v) is 11.5. The molecule has 4 N–H and O–H groups in total. The second-order valence-electron chi connectivity index (χ2n) is 5.42. The average Bonchev–Trinajstić information content (AvgIpc) is 2.37. The van der Waals surface area contributed by atoms with Crippen LogP contribution in [0.5, 0.6) is 0 Å². The topological polar surface area (TPSA) is 75.4 Å². The number of nitrogens with one attached hydrogen (secondary N) is 1. The van der Waals surface area contributed by atoms with Crippen LogP contribution in [0.15, 0.2) is 0 Å². The van der Waals surface area contributed by atoms with E-state index in [-0.39, 0.29) is 18.1 Å². The number of carbonyl (C=O) groups is 1. The van der Waals surface area contributed by atoms with Gasteiger partial charge in [0, 0.05) is 6.42 Å². The van der Waals surface area contributed by atoms with Crippen LogP contribution in [0.25, 0.3) is 0 Å². The minimum absolute atomic E-state index is 0.0270. The molecule has 0 saturated heterocycles. The summed E-state index contributed by atoms with van der Waals surface area (Å²) in [6, 6.07) is -0.0270. The van der Waals surface area contributed by atoms with Crippen LogP contribution in [0.2, 0.25) is 0 Å². The van der Waals surface area contributed by atoms with Gasteiger partial charge in [-0.25, -0.2) is 0 Å². The van der Waals surface area contributed by atoms with Gasteiger partial charge in [-0.05, 0) is 38.1 Å². The monoisotopic (exact) mass is 256 g/mol. The molecule has 18 heavy (non-hydrogen) atoms. The largest absolute Gasteiger partial charge is 0.391 e. The average molecular weight is 256 g/mol. The predicted molar refractivity (Wildman–Crippen MR) is 73.1 cm³/mol. The maximum absolute atomic E-state index is 11.8. The molecule has 1 amide bonds. The van der Waals surface area contributed by atoms with E-state index in [9.17, 15) is 9.90 Å². The first kappa shape index (κ1) is 15.4. The Labute approximate surface area is 110 Å². The molecule has 3 atom stereocenters. The molecule has 0 spiro atoms. The van der Waals surface area contributed by atoms with Crippen LogP contribution in [0.3, 0.4) is 0 Å². The maximum atomic E-state index is 11.8. The van der Waals surface area contributed by atoms with Gasteiger partial charge in [0.05, 0.1) is 12.1 Å². The van der Waals surface area contributed by atoms with Crippen molar-refractivity contribution in [3.63, 3.8) is 0 Å². The highest BCUT2D eigenvalue weighted by atomic mass is 16.3. The lowest BCUT2D eigenvalue weighted by molar-refractivity contribution is -0.123. The minimum Gasteiger partial charge on any atom is -0.391 e. The third-order valence-corrected chi connectivity index (χ3v) is 4.01. The predicted octanol–water partition coefficient (Wildman–Crippen LogP) is 1.56. The highest BCUT2D eigenvalue weighted by Crippen LogP contribution is 2.19. The van der Waals surface area contributed by atoms with Crippen molar-refractivity contribution in [1.82, 2.24) is 5.32 Å². The van der Waals surface area contributed by atoms with Crippen molar-refractivity contribution in [2.45, 2.75) is 70.4 Å². The van der Waals surface area contributed by atoms with E-state index in [0.717, 1.165) is 44.9 Å². The molecule has 1 fully saturated rings. The van der Waals surface area contributed by atoms with Gasteiger partial charge < -0.3 is 16.2 Å². The molecule has 0 aromatic rings. The highest BCUT2D eigenvalue weighted by Gasteiger charge is 2.24. The van der Waals surface area contributed by atoms with Crippen molar-refractivity contribution in [1.29, 1.82) is 0 Å². The maximum Gasteiger partial charge on any atom is 0.220 e. The summed E-state index contributed by atoms with van der Waals surface area (Å²) < 4.78 is 0. The van der Waals surface area contributed by atoms with Gasteiger partial charge >= 0.3 is 0 Å². The molecule has 0 aliphatic heterocycles. The molecule has 1 aliphatic carbocycles. The smallest absolute Gasteiger partial charge is 0.220 e. The van der Waals surface area contributed by atoms with E-state index in [0.29, 0.717) is 18.9 Å². The first-order valence-corrected chi connectivity index (χ1v) is 7.34. The van der Waals surface area contributed by atoms with Crippen LogP contribution in [0.1, 0.15) is 58.3 Å². The van der Waals surface area contributed by atoms with Crippen molar-refractivity contribution in [2.75, 3.05) is 6.54 Å². The Kier molecular flexibility index (Phi) is 7.28. The third kappa shape index (κ3) is 5.36. The molecular weight excluding hydrogens is 228 g/mol. The molecule has 1 saturated carbocycles. The number of rotatable bonds is 7. The summed E-state index contributed by atoms with van der Waals surface area (Å²) in [5.74, 6) is 0.633. The van der Waals surface area contributed by atoms with Crippen molar-refractivity contribution >= 4 is 5.91 Å². The Bertz CT molecular complexity index is 246. The number of hydrogen-bond donors (Lipinski definition) is 3. The van der Waals surface area contributed by atoms with Gasteiger partial charge in [-0.3, -0.25) is 4.79 Å². The fourth-order valence-corrected chi connectivity index (χ4v) is 2.68. The van der Waals surface area contributed by atoms with Gasteiger partial charge in [0.15, 0.2) is 0 Å². The quantitative estimate of drug-likeness (QED) is 0.647. The molecular formula is C14H28N2O2. The first-order valence-electron chi connectivity index (χ1n) is 7.34. The number of amides is 1. The van der Waals surface area contributed by atoms with Crippen LogP contribution in [0.4, 0.5) is 0 Å².